The molecule has 0 saturated heterocycles. The topological polar surface area (TPSA) is 62.4 Å². The van der Waals surface area contributed by atoms with Crippen molar-refractivity contribution < 1.29 is 5.11 Å². The van der Waals surface area contributed by atoms with Crippen LogP contribution in [0.15, 0.2) is 24.5 Å². The number of rotatable bonds is 7. The highest BCUT2D eigenvalue weighted by Gasteiger charge is 2.30. The molecule has 1 aliphatic rings. The number of pyridine rings is 1. The van der Waals surface area contributed by atoms with Gasteiger partial charge in [-0.1, -0.05) is 12.0 Å². The SMILES string of the molecule is C#CCN(CC(O)C(N)Cc1cccnc1)C1CC1. The van der Waals surface area contributed by atoms with E-state index < -0.39 is 6.10 Å². The Kier molecular flexibility index (Phi) is 4.92. The van der Waals surface area contributed by atoms with Crippen LogP contribution < -0.4 is 5.73 Å². The summed E-state index contributed by atoms with van der Waals surface area (Å²) in [7, 11) is 0. The highest BCUT2D eigenvalue weighted by atomic mass is 16.3. The van der Waals surface area contributed by atoms with Crippen molar-refractivity contribution in [2.75, 3.05) is 13.1 Å². The van der Waals surface area contributed by atoms with E-state index in [1.807, 2.05) is 12.1 Å². The van der Waals surface area contributed by atoms with Crippen molar-refractivity contribution in [1.29, 1.82) is 0 Å². The predicted molar refractivity (Wildman–Crippen MR) is 75.4 cm³/mol. The number of aliphatic hydroxyl groups excluding tert-OH is 1. The molecule has 0 amide bonds. The van der Waals surface area contributed by atoms with Gasteiger partial charge in [-0.2, -0.15) is 0 Å². The Morgan fingerprint density at radius 2 is 2.37 bits per heavy atom. The Bertz CT molecular complexity index is 425. The Labute approximate surface area is 114 Å². The van der Waals surface area contributed by atoms with Crippen molar-refractivity contribution in [3.05, 3.63) is 30.1 Å². The highest BCUT2D eigenvalue weighted by molar-refractivity contribution is 5.10. The summed E-state index contributed by atoms with van der Waals surface area (Å²) in [6, 6.07) is 4.10. The second kappa shape index (κ2) is 6.67. The van der Waals surface area contributed by atoms with Crippen molar-refractivity contribution in [2.45, 2.75) is 37.5 Å². The standard InChI is InChI=1S/C15H21N3O/c1-2-8-18(13-5-6-13)11-15(19)14(16)9-12-4-3-7-17-10-12/h1,3-4,7,10,13-15,19H,5-6,8-9,11,16H2. The van der Waals surface area contributed by atoms with Crippen LogP contribution in [0.3, 0.4) is 0 Å². The van der Waals surface area contributed by atoms with E-state index in [0.29, 0.717) is 25.6 Å². The second-order valence-electron chi connectivity index (χ2n) is 5.16. The molecule has 0 aliphatic heterocycles. The van der Waals surface area contributed by atoms with Crippen LogP contribution in [0.1, 0.15) is 18.4 Å². The number of nitrogens with two attached hydrogens (primary N) is 1. The van der Waals surface area contributed by atoms with Crippen molar-refractivity contribution in [1.82, 2.24) is 9.88 Å². The molecule has 19 heavy (non-hydrogen) atoms. The minimum atomic E-state index is -0.561. The normalized spacial score (nSPS) is 18.0. The Morgan fingerprint density at radius 3 is 2.95 bits per heavy atom. The molecule has 1 fully saturated rings. The number of terminal acetylenes is 1. The molecule has 1 aromatic heterocycles. The Morgan fingerprint density at radius 1 is 1.58 bits per heavy atom. The third kappa shape index (κ3) is 4.32. The van der Waals surface area contributed by atoms with Gasteiger partial charge in [-0.05, 0) is 30.9 Å². The molecule has 2 unspecified atom stereocenters. The molecule has 0 spiro atoms. The number of aliphatic hydroxyl groups is 1. The van der Waals surface area contributed by atoms with Gasteiger partial charge in [-0.25, -0.2) is 0 Å². The van der Waals surface area contributed by atoms with Crippen molar-refractivity contribution in [3.8, 4) is 12.3 Å². The Hall–Kier alpha value is -1.41. The average Bonchev–Trinajstić information content (AvgIpc) is 3.23. The number of nitrogens with zero attached hydrogens (tertiary/aromatic N) is 2. The van der Waals surface area contributed by atoms with E-state index in [2.05, 4.69) is 15.8 Å². The van der Waals surface area contributed by atoms with E-state index in [9.17, 15) is 5.11 Å². The maximum absolute atomic E-state index is 10.2. The Balaban J connectivity index is 1.84. The lowest BCUT2D eigenvalue weighted by Crippen LogP contribution is -2.45. The third-order valence-corrected chi connectivity index (χ3v) is 3.47. The van der Waals surface area contributed by atoms with Crippen LogP contribution in [0.25, 0.3) is 0 Å². The summed E-state index contributed by atoms with van der Waals surface area (Å²) in [5.74, 6) is 2.65. The number of hydrogen-bond acceptors (Lipinski definition) is 4. The fraction of sp³-hybridized carbons (Fsp3) is 0.533. The van der Waals surface area contributed by atoms with E-state index in [-0.39, 0.29) is 6.04 Å². The first-order valence-electron chi connectivity index (χ1n) is 6.70. The molecule has 0 aromatic carbocycles. The summed E-state index contributed by atoms with van der Waals surface area (Å²) < 4.78 is 0. The van der Waals surface area contributed by atoms with E-state index >= 15 is 0 Å². The summed E-state index contributed by atoms with van der Waals surface area (Å²) in [6.45, 7) is 1.14. The van der Waals surface area contributed by atoms with Crippen LogP contribution in [0, 0.1) is 12.3 Å². The molecule has 2 atom stereocenters. The molecule has 0 bridgehead atoms. The van der Waals surface area contributed by atoms with E-state index in [1.165, 1.54) is 12.8 Å². The predicted octanol–water partition coefficient (Wildman–Crippen LogP) is 0.410. The smallest absolute Gasteiger partial charge is 0.0821 e. The van der Waals surface area contributed by atoms with E-state index in [0.717, 1.165) is 5.56 Å². The van der Waals surface area contributed by atoms with Crippen LogP contribution in [-0.4, -0.2) is 46.3 Å². The average molecular weight is 259 g/mol. The monoisotopic (exact) mass is 259 g/mol. The van der Waals surface area contributed by atoms with Crippen LogP contribution in [0.2, 0.25) is 0 Å². The van der Waals surface area contributed by atoms with Gasteiger partial charge in [0.1, 0.15) is 0 Å². The van der Waals surface area contributed by atoms with Gasteiger partial charge in [0.2, 0.25) is 0 Å². The van der Waals surface area contributed by atoms with Gasteiger partial charge in [-0.15, -0.1) is 6.42 Å². The fourth-order valence-corrected chi connectivity index (χ4v) is 2.20. The lowest BCUT2D eigenvalue weighted by molar-refractivity contribution is 0.0934. The zero-order valence-corrected chi connectivity index (χ0v) is 11.1. The number of aromatic nitrogens is 1. The molecule has 3 N–H and O–H groups in total. The molecular weight excluding hydrogens is 238 g/mol. The highest BCUT2D eigenvalue weighted by Crippen LogP contribution is 2.26. The molecule has 1 aliphatic carbocycles. The fourth-order valence-electron chi connectivity index (χ4n) is 2.20. The zero-order valence-electron chi connectivity index (χ0n) is 11.1. The first kappa shape index (κ1) is 14.0. The van der Waals surface area contributed by atoms with Crippen LogP contribution in [-0.2, 0) is 6.42 Å². The van der Waals surface area contributed by atoms with Crippen molar-refractivity contribution >= 4 is 0 Å². The molecule has 102 valence electrons. The van der Waals surface area contributed by atoms with Gasteiger partial charge in [-0.3, -0.25) is 9.88 Å². The molecule has 2 rings (SSSR count). The zero-order chi connectivity index (χ0) is 13.7. The minimum Gasteiger partial charge on any atom is -0.390 e. The largest absolute Gasteiger partial charge is 0.390 e. The van der Waals surface area contributed by atoms with E-state index in [1.54, 1.807) is 12.4 Å². The maximum atomic E-state index is 10.2. The molecule has 1 aromatic rings. The van der Waals surface area contributed by atoms with Gasteiger partial charge < -0.3 is 10.8 Å². The summed E-state index contributed by atoms with van der Waals surface area (Å²) in [6.07, 6.45) is 11.3. The minimum absolute atomic E-state index is 0.289. The molecule has 0 radical (unpaired) electrons. The molecule has 1 heterocycles. The van der Waals surface area contributed by atoms with Gasteiger partial charge in [0.15, 0.2) is 0 Å². The maximum Gasteiger partial charge on any atom is 0.0821 e. The molecule has 4 nitrogen and oxygen atoms in total. The van der Waals surface area contributed by atoms with Gasteiger partial charge in [0, 0.05) is 31.0 Å². The summed E-state index contributed by atoms with van der Waals surface area (Å²) in [5, 5.41) is 10.2. The summed E-state index contributed by atoms with van der Waals surface area (Å²) in [4.78, 5) is 6.20. The van der Waals surface area contributed by atoms with Gasteiger partial charge in [0.05, 0.1) is 12.6 Å². The van der Waals surface area contributed by atoms with Crippen molar-refractivity contribution in [3.63, 3.8) is 0 Å². The van der Waals surface area contributed by atoms with Crippen LogP contribution >= 0.6 is 0 Å². The third-order valence-electron chi connectivity index (χ3n) is 3.47. The summed E-state index contributed by atoms with van der Waals surface area (Å²) in [5.41, 5.74) is 7.10. The molecular formula is C15H21N3O. The van der Waals surface area contributed by atoms with Crippen LogP contribution in [0.5, 0.6) is 0 Å². The van der Waals surface area contributed by atoms with Gasteiger partial charge >= 0.3 is 0 Å². The van der Waals surface area contributed by atoms with Crippen LogP contribution in [0.4, 0.5) is 0 Å². The van der Waals surface area contributed by atoms with E-state index in [4.69, 9.17) is 12.2 Å². The first-order chi connectivity index (χ1) is 9.20. The second-order valence-corrected chi connectivity index (χ2v) is 5.16. The van der Waals surface area contributed by atoms with Crippen molar-refractivity contribution in [2.24, 2.45) is 5.73 Å². The molecule has 4 heteroatoms. The lowest BCUT2D eigenvalue weighted by atomic mass is 10.0. The lowest BCUT2D eigenvalue weighted by Gasteiger charge is -2.26. The molecule has 1 saturated carbocycles. The number of hydrogen-bond donors (Lipinski definition) is 2. The quantitative estimate of drug-likeness (QED) is 0.696. The first-order valence-corrected chi connectivity index (χ1v) is 6.70. The van der Waals surface area contributed by atoms with Gasteiger partial charge in [0.25, 0.3) is 0 Å². The summed E-state index contributed by atoms with van der Waals surface area (Å²) >= 11 is 0.